The van der Waals surface area contributed by atoms with E-state index in [1.54, 1.807) is 6.20 Å². The number of ether oxygens (including phenoxy) is 2. The van der Waals surface area contributed by atoms with Crippen LogP contribution in [0, 0.1) is 0 Å². The monoisotopic (exact) mass is 299 g/mol. The first kappa shape index (κ1) is 13.3. The van der Waals surface area contributed by atoms with E-state index in [4.69, 9.17) is 9.47 Å². The molecule has 2 N–H and O–H groups in total. The number of aromatic nitrogens is 2. The molecule has 2 aliphatic rings. The molecule has 0 radical (unpaired) electrons. The van der Waals surface area contributed by atoms with Gasteiger partial charge < -0.3 is 14.8 Å². The van der Waals surface area contributed by atoms with Crippen molar-refractivity contribution in [3.05, 3.63) is 47.3 Å². The predicted octanol–water partition coefficient (Wildman–Crippen LogP) is 1.78. The Kier molecular flexibility index (Phi) is 3.31. The molecule has 1 amide bonds. The first-order valence-electron chi connectivity index (χ1n) is 7.46. The van der Waals surface area contributed by atoms with Gasteiger partial charge in [0.1, 0.15) is 12.4 Å². The van der Waals surface area contributed by atoms with Gasteiger partial charge in [-0.15, -0.1) is 0 Å². The molecule has 0 bridgehead atoms. The number of hydrogen-bond donors (Lipinski definition) is 2. The van der Waals surface area contributed by atoms with E-state index in [-0.39, 0.29) is 17.9 Å². The van der Waals surface area contributed by atoms with E-state index in [1.165, 1.54) is 0 Å². The average molecular weight is 299 g/mol. The number of nitrogens with one attached hydrogen (secondary N) is 2. The largest absolute Gasteiger partial charge is 0.491 e. The lowest BCUT2D eigenvalue weighted by Crippen LogP contribution is -2.30. The van der Waals surface area contributed by atoms with Gasteiger partial charge in [-0.2, -0.15) is 5.10 Å². The fraction of sp³-hybridized carbons (Fsp3) is 0.375. The molecule has 3 heterocycles. The second-order valence-corrected chi connectivity index (χ2v) is 5.63. The molecule has 0 aliphatic carbocycles. The zero-order valence-corrected chi connectivity index (χ0v) is 12.0. The third-order valence-corrected chi connectivity index (χ3v) is 4.26. The number of carbonyl (C=O) groups excluding carboxylic acids is 1. The molecule has 2 aliphatic heterocycles. The van der Waals surface area contributed by atoms with Crippen molar-refractivity contribution in [3.8, 4) is 5.75 Å². The minimum absolute atomic E-state index is 0.119. The molecule has 6 nitrogen and oxygen atoms in total. The molecule has 2 aromatic rings. The summed E-state index contributed by atoms with van der Waals surface area (Å²) in [7, 11) is 0. The zero-order chi connectivity index (χ0) is 14.9. The van der Waals surface area contributed by atoms with E-state index in [0.717, 1.165) is 30.0 Å². The zero-order valence-electron chi connectivity index (χ0n) is 12.0. The second kappa shape index (κ2) is 5.46. The maximum absolute atomic E-state index is 12.6. The van der Waals surface area contributed by atoms with Crippen molar-refractivity contribution < 1.29 is 14.3 Å². The minimum Gasteiger partial charge on any atom is -0.491 e. The van der Waals surface area contributed by atoms with Crippen LogP contribution in [-0.4, -0.2) is 35.9 Å². The Labute approximate surface area is 127 Å². The van der Waals surface area contributed by atoms with Gasteiger partial charge in [-0.1, -0.05) is 18.2 Å². The lowest BCUT2D eigenvalue weighted by Gasteiger charge is -2.13. The lowest BCUT2D eigenvalue weighted by atomic mass is 10.0. The summed E-state index contributed by atoms with van der Waals surface area (Å²) < 4.78 is 11.0. The second-order valence-electron chi connectivity index (χ2n) is 5.63. The third-order valence-electron chi connectivity index (χ3n) is 4.26. The van der Waals surface area contributed by atoms with E-state index in [9.17, 15) is 4.79 Å². The van der Waals surface area contributed by atoms with Crippen molar-refractivity contribution in [1.29, 1.82) is 0 Å². The quantitative estimate of drug-likeness (QED) is 0.905. The summed E-state index contributed by atoms with van der Waals surface area (Å²) in [6.07, 6.45) is 2.50. The SMILES string of the molecule is O=C(NC1COc2ccccc21)c1cn[nH]c1C1CCOC1. The molecule has 1 aromatic carbocycles. The number of benzene rings is 1. The van der Waals surface area contributed by atoms with E-state index in [1.807, 2.05) is 24.3 Å². The molecule has 114 valence electrons. The molecule has 4 rings (SSSR count). The van der Waals surface area contributed by atoms with Gasteiger partial charge in [0.05, 0.1) is 30.1 Å². The Morgan fingerprint density at radius 1 is 1.32 bits per heavy atom. The van der Waals surface area contributed by atoms with Crippen LogP contribution in [0.2, 0.25) is 0 Å². The van der Waals surface area contributed by atoms with E-state index >= 15 is 0 Å². The van der Waals surface area contributed by atoms with Crippen molar-refractivity contribution in [2.45, 2.75) is 18.4 Å². The van der Waals surface area contributed by atoms with Crippen molar-refractivity contribution in [3.63, 3.8) is 0 Å². The van der Waals surface area contributed by atoms with Crippen LogP contribution < -0.4 is 10.1 Å². The summed E-state index contributed by atoms with van der Waals surface area (Å²) in [5.41, 5.74) is 2.48. The number of amides is 1. The Bertz CT molecular complexity index is 691. The van der Waals surface area contributed by atoms with Crippen LogP contribution in [0.1, 0.15) is 40.0 Å². The summed E-state index contributed by atoms with van der Waals surface area (Å²) in [6.45, 7) is 1.83. The van der Waals surface area contributed by atoms with Crippen LogP contribution >= 0.6 is 0 Å². The van der Waals surface area contributed by atoms with Crippen molar-refractivity contribution in [2.24, 2.45) is 0 Å². The van der Waals surface area contributed by atoms with Gasteiger partial charge in [0, 0.05) is 18.1 Å². The lowest BCUT2D eigenvalue weighted by molar-refractivity contribution is 0.0929. The van der Waals surface area contributed by atoms with Gasteiger partial charge in [0.25, 0.3) is 5.91 Å². The Morgan fingerprint density at radius 2 is 2.23 bits per heavy atom. The number of aromatic amines is 1. The van der Waals surface area contributed by atoms with E-state index < -0.39 is 0 Å². The normalized spacial score (nSPS) is 23.1. The number of hydrogen-bond acceptors (Lipinski definition) is 4. The molecule has 0 saturated carbocycles. The molecule has 22 heavy (non-hydrogen) atoms. The van der Waals surface area contributed by atoms with Crippen LogP contribution in [0.25, 0.3) is 0 Å². The fourth-order valence-corrected chi connectivity index (χ4v) is 3.07. The Morgan fingerprint density at radius 3 is 3.09 bits per heavy atom. The molecule has 1 fully saturated rings. The number of para-hydroxylation sites is 1. The predicted molar refractivity (Wildman–Crippen MR) is 78.9 cm³/mol. The summed E-state index contributed by atoms with van der Waals surface area (Å²) in [5, 5.41) is 10.0. The number of H-pyrrole nitrogens is 1. The van der Waals surface area contributed by atoms with Gasteiger partial charge in [0.15, 0.2) is 0 Å². The van der Waals surface area contributed by atoms with Crippen molar-refractivity contribution >= 4 is 5.91 Å². The number of rotatable bonds is 3. The third kappa shape index (κ3) is 2.25. The van der Waals surface area contributed by atoms with Gasteiger partial charge in [-0.05, 0) is 12.5 Å². The smallest absolute Gasteiger partial charge is 0.255 e. The molecule has 2 unspecified atom stereocenters. The van der Waals surface area contributed by atoms with E-state index in [0.29, 0.717) is 18.8 Å². The first-order chi connectivity index (χ1) is 10.8. The highest BCUT2D eigenvalue weighted by Gasteiger charge is 2.29. The topological polar surface area (TPSA) is 76.2 Å². The minimum atomic E-state index is -0.124. The molecule has 1 saturated heterocycles. The van der Waals surface area contributed by atoms with Gasteiger partial charge in [-0.3, -0.25) is 9.89 Å². The molecular weight excluding hydrogens is 282 g/mol. The van der Waals surface area contributed by atoms with Crippen LogP contribution in [0.5, 0.6) is 5.75 Å². The van der Waals surface area contributed by atoms with Crippen LogP contribution in [-0.2, 0) is 4.74 Å². The van der Waals surface area contributed by atoms with Crippen molar-refractivity contribution in [1.82, 2.24) is 15.5 Å². The number of nitrogens with zero attached hydrogens (tertiary/aromatic N) is 1. The van der Waals surface area contributed by atoms with Crippen LogP contribution in [0.3, 0.4) is 0 Å². The number of fused-ring (bicyclic) bond motifs is 1. The molecule has 6 heteroatoms. The summed E-state index contributed by atoms with van der Waals surface area (Å²) in [4.78, 5) is 12.6. The molecule has 1 aromatic heterocycles. The van der Waals surface area contributed by atoms with Gasteiger partial charge in [-0.25, -0.2) is 0 Å². The summed E-state index contributed by atoms with van der Waals surface area (Å²) >= 11 is 0. The van der Waals surface area contributed by atoms with Crippen LogP contribution in [0.15, 0.2) is 30.5 Å². The maximum atomic E-state index is 12.6. The molecule has 0 spiro atoms. The highest BCUT2D eigenvalue weighted by Crippen LogP contribution is 2.32. The van der Waals surface area contributed by atoms with Crippen LogP contribution in [0.4, 0.5) is 0 Å². The van der Waals surface area contributed by atoms with Gasteiger partial charge >= 0.3 is 0 Å². The first-order valence-corrected chi connectivity index (χ1v) is 7.46. The summed E-state index contributed by atoms with van der Waals surface area (Å²) in [6, 6.07) is 7.66. The Balaban J connectivity index is 1.53. The molecular formula is C16H17N3O3. The highest BCUT2D eigenvalue weighted by molar-refractivity contribution is 5.95. The summed E-state index contributed by atoms with van der Waals surface area (Å²) in [5.74, 6) is 0.931. The van der Waals surface area contributed by atoms with E-state index in [2.05, 4.69) is 15.5 Å². The Hall–Kier alpha value is -2.34. The highest BCUT2D eigenvalue weighted by atomic mass is 16.5. The average Bonchev–Trinajstić information content (AvgIpc) is 3.27. The van der Waals surface area contributed by atoms with Crippen molar-refractivity contribution in [2.75, 3.05) is 19.8 Å². The fourth-order valence-electron chi connectivity index (χ4n) is 3.07. The molecule has 2 atom stereocenters. The van der Waals surface area contributed by atoms with Gasteiger partial charge in [0.2, 0.25) is 0 Å². The number of carbonyl (C=O) groups is 1. The maximum Gasteiger partial charge on any atom is 0.255 e. The standard InChI is InChI=1S/C16H17N3O3/c20-16(12-7-17-19-15(12)10-5-6-21-8-10)18-13-9-22-14-4-2-1-3-11(13)14/h1-4,7,10,13H,5-6,8-9H2,(H,17,19)(H,18,20).